The van der Waals surface area contributed by atoms with Crippen molar-refractivity contribution < 1.29 is 19.1 Å². The van der Waals surface area contributed by atoms with Crippen LogP contribution in [0.5, 0.6) is 11.5 Å². The lowest BCUT2D eigenvalue weighted by molar-refractivity contribution is -0.0245. The third-order valence-electron chi connectivity index (χ3n) is 3.37. The van der Waals surface area contributed by atoms with Gasteiger partial charge in [0.05, 0.1) is 0 Å². The molecule has 0 saturated carbocycles. The second kappa shape index (κ2) is 3.23. The van der Waals surface area contributed by atoms with E-state index in [1.807, 2.05) is 0 Å². The minimum atomic E-state index is -1.85. The normalized spacial score (nSPS) is 17.9. The Bertz CT molecular complexity index is 670. The molecule has 92 valence electrons. The molecule has 1 aliphatic heterocycles. The van der Waals surface area contributed by atoms with Gasteiger partial charge in [-0.25, -0.2) is 0 Å². The lowest BCUT2D eigenvalue weighted by atomic mass is 10.1. The summed E-state index contributed by atoms with van der Waals surface area (Å²) < 4.78 is 11.1. The zero-order valence-electron chi connectivity index (χ0n) is 9.75. The fourth-order valence-electron chi connectivity index (χ4n) is 2.47. The maximum atomic E-state index is 12.4. The number of benzene rings is 2. The fourth-order valence-corrected chi connectivity index (χ4v) is 2.47. The zero-order chi connectivity index (χ0) is 13.0. The van der Waals surface area contributed by atoms with Crippen LogP contribution in [-0.2, 0) is 0 Å². The second-order valence-corrected chi connectivity index (χ2v) is 4.47. The first-order valence-corrected chi connectivity index (χ1v) is 5.88. The lowest BCUT2D eigenvalue weighted by Gasteiger charge is -2.17. The van der Waals surface area contributed by atoms with Gasteiger partial charge in [0.1, 0.15) is 0 Å². The van der Waals surface area contributed by atoms with Crippen LogP contribution in [0.2, 0.25) is 0 Å². The van der Waals surface area contributed by atoms with Crippen LogP contribution in [0.3, 0.4) is 0 Å². The number of carbonyl (C=O) groups excluding carboxylic acids is 2. The highest BCUT2D eigenvalue weighted by Gasteiger charge is 2.61. The van der Waals surface area contributed by atoms with Crippen molar-refractivity contribution in [3.05, 3.63) is 59.7 Å². The molecule has 1 heterocycles. The quantitative estimate of drug-likeness (QED) is 0.675. The number of fused-ring (bicyclic) bond motifs is 2. The molecule has 1 aliphatic carbocycles. The number of ketones is 2. The number of Topliss-reactive ketones (excluding diaryl/α,β-unsaturated/α-hetero) is 2. The van der Waals surface area contributed by atoms with E-state index >= 15 is 0 Å². The average Bonchev–Trinajstić information content (AvgIpc) is 2.93. The Morgan fingerprint density at radius 3 is 1.58 bits per heavy atom. The Kier molecular flexibility index (Phi) is 1.75. The molecule has 1 spiro atoms. The van der Waals surface area contributed by atoms with Gasteiger partial charge in [-0.3, -0.25) is 9.59 Å². The average molecular weight is 252 g/mol. The summed E-state index contributed by atoms with van der Waals surface area (Å²) in [5.41, 5.74) is 0.695. The summed E-state index contributed by atoms with van der Waals surface area (Å²) in [6.07, 6.45) is 0. The molecule has 4 nitrogen and oxygen atoms in total. The van der Waals surface area contributed by atoms with Gasteiger partial charge in [0.15, 0.2) is 11.5 Å². The highest BCUT2D eigenvalue weighted by Crippen LogP contribution is 2.44. The molecular weight excluding hydrogens is 244 g/mol. The molecule has 4 rings (SSSR count). The third-order valence-corrected chi connectivity index (χ3v) is 3.37. The molecule has 0 atom stereocenters. The van der Waals surface area contributed by atoms with Crippen LogP contribution >= 0.6 is 0 Å². The third kappa shape index (κ3) is 1.13. The number of hydrogen-bond acceptors (Lipinski definition) is 4. The first-order valence-electron chi connectivity index (χ1n) is 5.88. The summed E-state index contributed by atoms with van der Waals surface area (Å²) in [7, 11) is 0. The number of hydrogen-bond donors (Lipinski definition) is 0. The molecular formula is C15H8O4. The van der Waals surface area contributed by atoms with E-state index in [0.717, 1.165) is 0 Å². The summed E-state index contributed by atoms with van der Waals surface area (Å²) in [5.74, 6) is -1.91. The van der Waals surface area contributed by atoms with E-state index < -0.39 is 17.4 Å². The molecule has 0 unspecified atom stereocenters. The van der Waals surface area contributed by atoms with E-state index in [0.29, 0.717) is 22.6 Å². The van der Waals surface area contributed by atoms with Gasteiger partial charge >= 0.3 is 5.79 Å². The molecule has 19 heavy (non-hydrogen) atoms. The van der Waals surface area contributed by atoms with E-state index in [1.54, 1.807) is 48.5 Å². The van der Waals surface area contributed by atoms with Crippen molar-refractivity contribution in [1.82, 2.24) is 0 Å². The number of para-hydroxylation sites is 2. The van der Waals surface area contributed by atoms with Gasteiger partial charge < -0.3 is 9.47 Å². The Morgan fingerprint density at radius 1 is 0.684 bits per heavy atom. The molecule has 0 fully saturated rings. The number of ether oxygens (including phenoxy) is 2. The van der Waals surface area contributed by atoms with Gasteiger partial charge in [-0.1, -0.05) is 36.4 Å². The van der Waals surface area contributed by atoms with Crippen molar-refractivity contribution in [2.24, 2.45) is 0 Å². The van der Waals surface area contributed by atoms with Gasteiger partial charge in [-0.2, -0.15) is 0 Å². The molecule has 0 amide bonds. The minimum Gasteiger partial charge on any atom is -0.435 e. The highest BCUT2D eigenvalue weighted by atomic mass is 16.7. The first-order chi connectivity index (χ1) is 9.22. The fraction of sp³-hybridized carbons (Fsp3) is 0.0667. The number of rotatable bonds is 0. The van der Waals surface area contributed by atoms with Crippen LogP contribution in [0, 0.1) is 0 Å². The van der Waals surface area contributed by atoms with E-state index in [-0.39, 0.29) is 0 Å². The van der Waals surface area contributed by atoms with Crippen LogP contribution in [0.1, 0.15) is 20.7 Å². The molecule has 0 saturated heterocycles. The Balaban J connectivity index is 1.89. The largest absolute Gasteiger partial charge is 0.435 e. The van der Waals surface area contributed by atoms with E-state index in [9.17, 15) is 9.59 Å². The van der Waals surface area contributed by atoms with Crippen LogP contribution in [-0.4, -0.2) is 17.4 Å². The standard InChI is InChI=1S/C15H8O4/c16-13-9-5-1-2-6-10(9)14(17)15(13)18-11-7-3-4-8-12(11)19-15/h1-8H. The van der Waals surface area contributed by atoms with Gasteiger partial charge in [0.2, 0.25) is 0 Å². The Labute approximate surface area is 108 Å². The summed E-state index contributed by atoms with van der Waals surface area (Å²) in [5, 5.41) is 0. The predicted octanol–water partition coefficient (Wildman–Crippen LogP) is 2.23. The highest BCUT2D eigenvalue weighted by molar-refractivity contribution is 6.31. The molecule has 4 heteroatoms. The summed E-state index contributed by atoms with van der Waals surface area (Å²) >= 11 is 0. The summed E-state index contributed by atoms with van der Waals surface area (Å²) in [6.45, 7) is 0. The van der Waals surface area contributed by atoms with Gasteiger partial charge in [-0.05, 0) is 12.1 Å². The molecule has 2 aromatic carbocycles. The van der Waals surface area contributed by atoms with Crippen molar-refractivity contribution >= 4 is 11.6 Å². The molecule has 2 aliphatic rings. The minimum absolute atomic E-state index is 0.348. The lowest BCUT2D eigenvalue weighted by Crippen LogP contribution is -2.49. The van der Waals surface area contributed by atoms with Gasteiger partial charge in [-0.15, -0.1) is 0 Å². The first kappa shape index (κ1) is 10.3. The summed E-state index contributed by atoms with van der Waals surface area (Å²) in [4.78, 5) is 24.9. The Hall–Kier alpha value is -2.62. The topological polar surface area (TPSA) is 52.6 Å². The van der Waals surface area contributed by atoms with Crippen LogP contribution < -0.4 is 9.47 Å². The van der Waals surface area contributed by atoms with Crippen LogP contribution in [0.25, 0.3) is 0 Å². The van der Waals surface area contributed by atoms with Crippen molar-refractivity contribution in [1.29, 1.82) is 0 Å². The molecule has 0 N–H and O–H groups in total. The van der Waals surface area contributed by atoms with Crippen LogP contribution in [0.4, 0.5) is 0 Å². The molecule has 2 aromatic rings. The van der Waals surface area contributed by atoms with Crippen molar-refractivity contribution in [2.75, 3.05) is 0 Å². The smallest absolute Gasteiger partial charge is 0.383 e. The van der Waals surface area contributed by atoms with E-state index in [1.165, 1.54) is 0 Å². The molecule has 0 aromatic heterocycles. The predicted molar refractivity (Wildman–Crippen MR) is 65.5 cm³/mol. The SMILES string of the molecule is O=C1c2ccccc2C(=O)C12Oc1ccccc1O2. The van der Waals surface area contributed by atoms with Gasteiger partial charge in [0.25, 0.3) is 11.6 Å². The molecule has 0 radical (unpaired) electrons. The van der Waals surface area contributed by atoms with Crippen molar-refractivity contribution in [2.45, 2.75) is 5.79 Å². The van der Waals surface area contributed by atoms with Gasteiger partial charge in [0, 0.05) is 11.1 Å². The monoisotopic (exact) mass is 252 g/mol. The van der Waals surface area contributed by atoms with Crippen LogP contribution in [0.15, 0.2) is 48.5 Å². The zero-order valence-corrected chi connectivity index (χ0v) is 9.75. The van der Waals surface area contributed by atoms with E-state index in [4.69, 9.17) is 9.47 Å². The maximum absolute atomic E-state index is 12.4. The van der Waals surface area contributed by atoms with E-state index in [2.05, 4.69) is 0 Å². The number of carbonyl (C=O) groups is 2. The Morgan fingerprint density at radius 2 is 1.11 bits per heavy atom. The summed E-state index contributed by atoms with van der Waals surface area (Å²) in [6, 6.07) is 13.5. The maximum Gasteiger partial charge on any atom is 0.383 e. The molecule has 0 bridgehead atoms. The second-order valence-electron chi connectivity index (χ2n) is 4.47. The van der Waals surface area contributed by atoms with Crippen molar-refractivity contribution in [3.8, 4) is 11.5 Å². The van der Waals surface area contributed by atoms with Crippen molar-refractivity contribution in [3.63, 3.8) is 0 Å².